The molecule has 0 fully saturated rings. The lowest BCUT2D eigenvalue weighted by Crippen LogP contribution is -1.94. The van der Waals surface area contributed by atoms with Crippen LogP contribution in [0.5, 0.6) is 0 Å². The van der Waals surface area contributed by atoms with E-state index in [9.17, 15) is 0 Å². The Morgan fingerprint density at radius 1 is 1.55 bits per heavy atom. The summed E-state index contributed by atoms with van der Waals surface area (Å²) in [6, 6.07) is 3.92. The summed E-state index contributed by atoms with van der Waals surface area (Å²) < 4.78 is 5.39. The van der Waals surface area contributed by atoms with Crippen molar-refractivity contribution in [2.45, 2.75) is 26.2 Å². The molecular weight excluding hydrogens is 140 g/mol. The Morgan fingerprint density at radius 3 is 2.73 bits per heavy atom. The summed E-state index contributed by atoms with van der Waals surface area (Å²) >= 11 is 0. The highest BCUT2D eigenvalue weighted by Gasteiger charge is 2.07. The topological polar surface area (TPSA) is 33.4 Å². The SMILES string of the molecule is Cc1ccc([C@H](C)CCO)o1. The quantitative estimate of drug-likeness (QED) is 0.723. The van der Waals surface area contributed by atoms with Crippen LogP contribution < -0.4 is 0 Å². The van der Waals surface area contributed by atoms with Gasteiger partial charge in [0.2, 0.25) is 0 Å². The van der Waals surface area contributed by atoms with Crippen LogP contribution in [0, 0.1) is 6.92 Å². The van der Waals surface area contributed by atoms with E-state index in [0.717, 1.165) is 17.9 Å². The van der Waals surface area contributed by atoms with Gasteiger partial charge in [-0.15, -0.1) is 0 Å². The molecule has 0 saturated heterocycles. The Labute approximate surface area is 66.8 Å². The maximum atomic E-state index is 8.66. The number of furan rings is 1. The molecule has 1 aromatic rings. The van der Waals surface area contributed by atoms with Crippen molar-refractivity contribution in [1.82, 2.24) is 0 Å². The lowest BCUT2D eigenvalue weighted by Gasteiger charge is -2.04. The number of aliphatic hydroxyl groups is 1. The van der Waals surface area contributed by atoms with Crippen molar-refractivity contribution >= 4 is 0 Å². The van der Waals surface area contributed by atoms with Crippen LogP contribution in [0.2, 0.25) is 0 Å². The van der Waals surface area contributed by atoms with Gasteiger partial charge in [-0.25, -0.2) is 0 Å². The average Bonchev–Trinajstić information content (AvgIpc) is 2.36. The minimum Gasteiger partial charge on any atom is -0.466 e. The monoisotopic (exact) mass is 154 g/mol. The molecule has 2 heteroatoms. The van der Waals surface area contributed by atoms with E-state index in [4.69, 9.17) is 9.52 Å². The van der Waals surface area contributed by atoms with Gasteiger partial charge in [0.15, 0.2) is 0 Å². The van der Waals surface area contributed by atoms with Gasteiger partial charge in [-0.3, -0.25) is 0 Å². The molecular formula is C9H14O2. The van der Waals surface area contributed by atoms with Crippen molar-refractivity contribution in [3.05, 3.63) is 23.7 Å². The van der Waals surface area contributed by atoms with Crippen LogP contribution in [0.1, 0.15) is 30.8 Å². The second-order valence-corrected chi connectivity index (χ2v) is 2.86. The Bertz CT molecular complexity index is 215. The smallest absolute Gasteiger partial charge is 0.107 e. The highest BCUT2D eigenvalue weighted by molar-refractivity contribution is 5.09. The Balaban J connectivity index is 2.60. The van der Waals surface area contributed by atoms with E-state index in [-0.39, 0.29) is 6.61 Å². The molecule has 0 aromatic carbocycles. The van der Waals surface area contributed by atoms with Crippen molar-refractivity contribution in [3.63, 3.8) is 0 Å². The van der Waals surface area contributed by atoms with Crippen molar-refractivity contribution in [1.29, 1.82) is 0 Å². The van der Waals surface area contributed by atoms with E-state index in [1.54, 1.807) is 0 Å². The molecule has 0 saturated carbocycles. The predicted molar refractivity (Wildman–Crippen MR) is 43.6 cm³/mol. The number of aliphatic hydroxyl groups excluding tert-OH is 1. The standard InChI is InChI=1S/C9H14O2/c1-7(5-6-10)9-4-3-8(2)11-9/h3-4,7,10H,5-6H2,1-2H3/t7-/m1/s1. The summed E-state index contributed by atoms with van der Waals surface area (Å²) in [6.07, 6.45) is 0.771. The second kappa shape index (κ2) is 3.58. The molecule has 0 bridgehead atoms. The van der Waals surface area contributed by atoms with Gasteiger partial charge in [0.1, 0.15) is 11.5 Å². The first-order valence-electron chi connectivity index (χ1n) is 3.91. The third-order valence-corrected chi connectivity index (χ3v) is 1.81. The zero-order chi connectivity index (χ0) is 8.27. The zero-order valence-electron chi connectivity index (χ0n) is 7.00. The van der Waals surface area contributed by atoms with Crippen molar-refractivity contribution in [3.8, 4) is 0 Å². The fourth-order valence-electron chi connectivity index (χ4n) is 1.05. The number of aryl methyl sites for hydroxylation is 1. The maximum Gasteiger partial charge on any atom is 0.107 e. The Hall–Kier alpha value is -0.760. The van der Waals surface area contributed by atoms with Crippen LogP contribution in [0.25, 0.3) is 0 Å². The number of hydrogen-bond donors (Lipinski definition) is 1. The van der Waals surface area contributed by atoms with Gasteiger partial charge >= 0.3 is 0 Å². The van der Waals surface area contributed by atoms with E-state index >= 15 is 0 Å². The summed E-state index contributed by atoms with van der Waals surface area (Å²) in [5.41, 5.74) is 0. The second-order valence-electron chi connectivity index (χ2n) is 2.86. The van der Waals surface area contributed by atoms with Gasteiger partial charge < -0.3 is 9.52 Å². The van der Waals surface area contributed by atoms with Crippen molar-refractivity contribution < 1.29 is 9.52 Å². The van der Waals surface area contributed by atoms with Gasteiger partial charge in [0, 0.05) is 12.5 Å². The fourth-order valence-corrected chi connectivity index (χ4v) is 1.05. The molecule has 2 nitrogen and oxygen atoms in total. The first-order valence-corrected chi connectivity index (χ1v) is 3.91. The molecule has 11 heavy (non-hydrogen) atoms. The van der Waals surface area contributed by atoms with Crippen LogP contribution in [0.15, 0.2) is 16.5 Å². The number of hydrogen-bond acceptors (Lipinski definition) is 2. The highest BCUT2D eigenvalue weighted by Crippen LogP contribution is 2.20. The Kier molecular flexibility index (Phi) is 2.71. The average molecular weight is 154 g/mol. The summed E-state index contributed by atoms with van der Waals surface area (Å²) in [4.78, 5) is 0. The molecule has 1 N–H and O–H groups in total. The summed E-state index contributed by atoms with van der Waals surface area (Å²) in [7, 11) is 0. The summed E-state index contributed by atoms with van der Waals surface area (Å²) in [6.45, 7) is 4.20. The summed E-state index contributed by atoms with van der Waals surface area (Å²) in [5.74, 6) is 2.23. The van der Waals surface area contributed by atoms with E-state index in [2.05, 4.69) is 6.92 Å². The third-order valence-electron chi connectivity index (χ3n) is 1.81. The predicted octanol–water partition coefficient (Wildman–Crippen LogP) is 2.07. The van der Waals surface area contributed by atoms with Crippen LogP contribution in [-0.2, 0) is 0 Å². The molecule has 0 radical (unpaired) electrons. The first-order chi connectivity index (χ1) is 5.24. The van der Waals surface area contributed by atoms with Gasteiger partial charge in [0.25, 0.3) is 0 Å². The molecule has 0 spiro atoms. The lowest BCUT2D eigenvalue weighted by atomic mass is 10.1. The van der Waals surface area contributed by atoms with E-state index in [1.165, 1.54) is 0 Å². The molecule has 1 heterocycles. The van der Waals surface area contributed by atoms with Crippen LogP contribution in [0.4, 0.5) is 0 Å². The number of rotatable bonds is 3. The minimum absolute atomic E-state index is 0.223. The molecule has 0 aliphatic rings. The van der Waals surface area contributed by atoms with Gasteiger partial charge in [-0.1, -0.05) is 6.92 Å². The molecule has 0 unspecified atom stereocenters. The molecule has 1 aromatic heterocycles. The largest absolute Gasteiger partial charge is 0.466 e. The molecule has 1 atom stereocenters. The fraction of sp³-hybridized carbons (Fsp3) is 0.556. The molecule has 1 rings (SSSR count). The lowest BCUT2D eigenvalue weighted by molar-refractivity contribution is 0.271. The normalized spacial score (nSPS) is 13.4. The third kappa shape index (κ3) is 2.09. The van der Waals surface area contributed by atoms with E-state index < -0.39 is 0 Å². The highest BCUT2D eigenvalue weighted by atomic mass is 16.3. The van der Waals surface area contributed by atoms with Crippen LogP contribution in [0.3, 0.4) is 0 Å². The van der Waals surface area contributed by atoms with Gasteiger partial charge in [0.05, 0.1) is 0 Å². The first kappa shape index (κ1) is 8.34. The van der Waals surface area contributed by atoms with Crippen LogP contribution >= 0.6 is 0 Å². The maximum absolute atomic E-state index is 8.66. The molecule has 62 valence electrons. The van der Waals surface area contributed by atoms with Gasteiger partial charge in [-0.05, 0) is 25.5 Å². The van der Waals surface area contributed by atoms with E-state index in [0.29, 0.717) is 5.92 Å². The molecule has 0 amide bonds. The van der Waals surface area contributed by atoms with Crippen molar-refractivity contribution in [2.75, 3.05) is 6.61 Å². The van der Waals surface area contributed by atoms with E-state index in [1.807, 2.05) is 19.1 Å². The molecule has 0 aliphatic carbocycles. The Morgan fingerprint density at radius 2 is 2.27 bits per heavy atom. The van der Waals surface area contributed by atoms with Crippen molar-refractivity contribution in [2.24, 2.45) is 0 Å². The minimum atomic E-state index is 0.223. The van der Waals surface area contributed by atoms with Crippen LogP contribution in [-0.4, -0.2) is 11.7 Å². The van der Waals surface area contributed by atoms with Gasteiger partial charge in [-0.2, -0.15) is 0 Å². The zero-order valence-corrected chi connectivity index (χ0v) is 7.00. The summed E-state index contributed by atoms with van der Waals surface area (Å²) in [5, 5.41) is 8.66. The molecule has 0 aliphatic heterocycles.